The lowest BCUT2D eigenvalue weighted by Gasteiger charge is -2.01. The first-order valence-electron chi connectivity index (χ1n) is 4.53. The van der Waals surface area contributed by atoms with Gasteiger partial charge in [-0.25, -0.2) is 9.97 Å². The highest BCUT2D eigenvalue weighted by molar-refractivity contribution is 7.98. The first-order valence-corrected chi connectivity index (χ1v) is 5.52. The summed E-state index contributed by atoms with van der Waals surface area (Å²) in [6, 6.07) is 5.75. The maximum Gasteiger partial charge on any atom is 0.130 e. The third kappa shape index (κ3) is 2.73. The molecule has 0 unspecified atom stereocenters. The molecule has 0 saturated carbocycles. The van der Waals surface area contributed by atoms with Gasteiger partial charge in [-0.3, -0.25) is 0 Å². The Bertz CT molecular complexity index is 416. The van der Waals surface area contributed by atoms with E-state index in [1.54, 1.807) is 24.4 Å². The highest BCUT2D eigenvalue weighted by atomic mass is 32.2. The topological polar surface area (TPSA) is 51.0 Å². The number of thioether (sulfide) groups is 1. The molecule has 2 aromatic rings. The molecule has 78 valence electrons. The molecule has 0 fully saturated rings. The second-order valence-electron chi connectivity index (χ2n) is 2.86. The van der Waals surface area contributed by atoms with E-state index in [-0.39, 0.29) is 0 Å². The fraction of sp³-hybridized carbons (Fsp3) is 0.200. The lowest BCUT2D eigenvalue weighted by Crippen LogP contribution is -1.93. The summed E-state index contributed by atoms with van der Waals surface area (Å²) in [6.45, 7) is 0. The molecule has 0 aromatic carbocycles. The Morgan fingerprint density at radius 2 is 2.40 bits per heavy atom. The summed E-state index contributed by atoms with van der Waals surface area (Å²) in [7, 11) is 1.84. The van der Waals surface area contributed by atoms with Crippen molar-refractivity contribution in [3.05, 3.63) is 36.5 Å². The van der Waals surface area contributed by atoms with Crippen molar-refractivity contribution in [3.63, 3.8) is 0 Å². The number of hydrogen-bond donors (Lipinski definition) is 1. The number of aromatic nitrogens is 2. The Kier molecular flexibility index (Phi) is 3.24. The molecule has 2 rings (SSSR count). The van der Waals surface area contributed by atoms with Crippen molar-refractivity contribution in [2.75, 3.05) is 12.4 Å². The molecule has 0 radical (unpaired) electrons. The van der Waals surface area contributed by atoms with Gasteiger partial charge < -0.3 is 9.73 Å². The van der Waals surface area contributed by atoms with Crippen molar-refractivity contribution in [1.29, 1.82) is 0 Å². The standard InChI is InChI=1S/C10H11N3OS/c1-11-9-5-10(13-7-12-9)15-6-8-3-2-4-14-8/h2-5,7H,6H2,1H3,(H,11,12,13). The van der Waals surface area contributed by atoms with E-state index in [4.69, 9.17) is 4.42 Å². The lowest BCUT2D eigenvalue weighted by molar-refractivity contribution is 0.530. The van der Waals surface area contributed by atoms with Crippen LogP contribution in [0.4, 0.5) is 5.82 Å². The third-order valence-corrected chi connectivity index (χ3v) is 2.79. The minimum atomic E-state index is 0.785. The maximum absolute atomic E-state index is 5.23. The maximum atomic E-state index is 5.23. The van der Waals surface area contributed by atoms with Gasteiger partial charge in [-0.15, -0.1) is 0 Å². The van der Waals surface area contributed by atoms with Gasteiger partial charge in [-0.05, 0) is 12.1 Å². The molecular weight excluding hydrogens is 210 g/mol. The van der Waals surface area contributed by atoms with E-state index < -0.39 is 0 Å². The molecule has 4 nitrogen and oxygen atoms in total. The molecule has 0 aliphatic carbocycles. The van der Waals surface area contributed by atoms with E-state index in [9.17, 15) is 0 Å². The van der Waals surface area contributed by atoms with Crippen LogP contribution in [0.5, 0.6) is 0 Å². The van der Waals surface area contributed by atoms with Crippen LogP contribution in [0.2, 0.25) is 0 Å². The zero-order chi connectivity index (χ0) is 10.5. The molecule has 0 amide bonds. The minimum Gasteiger partial charge on any atom is -0.468 e. The van der Waals surface area contributed by atoms with Gasteiger partial charge in [0.15, 0.2) is 0 Å². The van der Waals surface area contributed by atoms with E-state index in [0.717, 1.165) is 22.4 Å². The van der Waals surface area contributed by atoms with Crippen molar-refractivity contribution >= 4 is 17.6 Å². The Labute approximate surface area is 92.1 Å². The molecule has 15 heavy (non-hydrogen) atoms. The smallest absolute Gasteiger partial charge is 0.130 e. The second-order valence-corrected chi connectivity index (χ2v) is 3.86. The number of nitrogens with one attached hydrogen (secondary N) is 1. The quantitative estimate of drug-likeness (QED) is 0.634. The van der Waals surface area contributed by atoms with E-state index in [0.29, 0.717) is 0 Å². The Hall–Kier alpha value is -1.49. The summed E-state index contributed by atoms with van der Waals surface area (Å²) in [5.74, 6) is 2.56. The Morgan fingerprint density at radius 3 is 3.13 bits per heavy atom. The molecule has 0 aliphatic heterocycles. The number of rotatable bonds is 4. The molecule has 0 atom stereocenters. The zero-order valence-corrected chi connectivity index (χ0v) is 9.12. The van der Waals surface area contributed by atoms with Crippen molar-refractivity contribution < 1.29 is 4.42 Å². The molecule has 2 heterocycles. The van der Waals surface area contributed by atoms with Gasteiger partial charge in [0.05, 0.1) is 12.0 Å². The molecule has 0 bridgehead atoms. The first kappa shape index (κ1) is 10.0. The minimum absolute atomic E-state index is 0.785. The van der Waals surface area contributed by atoms with Crippen molar-refractivity contribution in [2.45, 2.75) is 10.8 Å². The second kappa shape index (κ2) is 4.84. The summed E-state index contributed by atoms with van der Waals surface area (Å²) in [5.41, 5.74) is 0. The van der Waals surface area contributed by atoms with Crippen LogP contribution in [0.1, 0.15) is 5.76 Å². The summed E-state index contributed by atoms with van der Waals surface area (Å²) < 4.78 is 5.23. The van der Waals surface area contributed by atoms with Crippen LogP contribution < -0.4 is 5.32 Å². The molecule has 2 aromatic heterocycles. The van der Waals surface area contributed by atoms with Crippen LogP contribution in [-0.4, -0.2) is 17.0 Å². The van der Waals surface area contributed by atoms with Crippen LogP contribution in [0.3, 0.4) is 0 Å². The van der Waals surface area contributed by atoms with Crippen molar-refractivity contribution in [2.24, 2.45) is 0 Å². The monoisotopic (exact) mass is 221 g/mol. The van der Waals surface area contributed by atoms with E-state index in [1.165, 1.54) is 0 Å². The molecule has 0 aliphatic rings. The van der Waals surface area contributed by atoms with Gasteiger partial charge in [-0.1, -0.05) is 11.8 Å². The van der Waals surface area contributed by atoms with E-state index >= 15 is 0 Å². The summed E-state index contributed by atoms with van der Waals surface area (Å²) in [5, 5.41) is 3.91. The van der Waals surface area contributed by atoms with Crippen LogP contribution in [0.15, 0.2) is 40.2 Å². The molecule has 1 N–H and O–H groups in total. The molecule has 0 saturated heterocycles. The fourth-order valence-electron chi connectivity index (χ4n) is 1.09. The van der Waals surface area contributed by atoms with Crippen LogP contribution in [0.25, 0.3) is 0 Å². The van der Waals surface area contributed by atoms with Crippen LogP contribution in [0, 0.1) is 0 Å². The zero-order valence-electron chi connectivity index (χ0n) is 8.30. The highest BCUT2D eigenvalue weighted by Crippen LogP contribution is 2.21. The number of furan rings is 1. The summed E-state index contributed by atoms with van der Waals surface area (Å²) in [4.78, 5) is 8.20. The Balaban J connectivity index is 1.98. The summed E-state index contributed by atoms with van der Waals surface area (Å²) in [6.07, 6.45) is 3.23. The average molecular weight is 221 g/mol. The number of anilines is 1. The average Bonchev–Trinajstić information content (AvgIpc) is 2.79. The van der Waals surface area contributed by atoms with E-state index in [2.05, 4.69) is 15.3 Å². The summed E-state index contributed by atoms with van der Waals surface area (Å²) >= 11 is 1.62. The first-order chi connectivity index (χ1) is 7.38. The predicted molar refractivity (Wildman–Crippen MR) is 59.8 cm³/mol. The van der Waals surface area contributed by atoms with Crippen molar-refractivity contribution in [1.82, 2.24) is 9.97 Å². The number of nitrogens with zero attached hydrogens (tertiary/aromatic N) is 2. The van der Waals surface area contributed by atoms with Crippen molar-refractivity contribution in [3.8, 4) is 0 Å². The number of hydrogen-bond acceptors (Lipinski definition) is 5. The largest absolute Gasteiger partial charge is 0.468 e. The highest BCUT2D eigenvalue weighted by Gasteiger charge is 2.00. The lowest BCUT2D eigenvalue weighted by atomic mass is 10.5. The van der Waals surface area contributed by atoms with E-state index in [1.807, 2.05) is 25.2 Å². The van der Waals surface area contributed by atoms with Gasteiger partial charge in [0.1, 0.15) is 22.9 Å². The molecule has 0 spiro atoms. The SMILES string of the molecule is CNc1cc(SCc2ccco2)ncn1. The van der Waals surface area contributed by atoms with Gasteiger partial charge in [0, 0.05) is 13.1 Å². The van der Waals surface area contributed by atoms with Gasteiger partial charge in [0.2, 0.25) is 0 Å². The predicted octanol–water partition coefficient (Wildman–Crippen LogP) is 2.40. The third-order valence-electron chi connectivity index (χ3n) is 1.84. The normalized spacial score (nSPS) is 10.2. The van der Waals surface area contributed by atoms with Crippen LogP contribution >= 0.6 is 11.8 Å². The van der Waals surface area contributed by atoms with Gasteiger partial charge >= 0.3 is 0 Å². The Morgan fingerprint density at radius 1 is 1.47 bits per heavy atom. The molecule has 5 heteroatoms. The fourth-order valence-corrected chi connectivity index (χ4v) is 1.87. The molecular formula is C10H11N3OS. The van der Waals surface area contributed by atoms with Gasteiger partial charge in [-0.2, -0.15) is 0 Å². The van der Waals surface area contributed by atoms with Crippen LogP contribution in [-0.2, 0) is 5.75 Å². The van der Waals surface area contributed by atoms with Gasteiger partial charge in [0.25, 0.3) is 0 Å².